The Hall–Kier alpha value is -1.40. The van der Waals surface area contributed by atoms with Crippen LogP contribution in [-0.4, -0.2) is 14.8 Å². The Bertz CT molecular complexity index is 539. The molecule has 2 aromatic rings. The first kappa shape index (κ1) is 13.0. The number of ether oxygens (including phenoxy) is 1. The van der Waals surface area contributed by atoms with E-state index in [4.69, 9.17) is 10.5 Å². The molecule has 1 unspecified atom stereocenters. The van der Waals surface area contributed by atoms with Gasteiger partial charge in [-0.2, -0.15) is 0 Å². The number of aromatic nitrogens is 3. The van der Waals surface area contributed by atoms with Crippen LogP contribution in [-0.2, 0) is 13.7 Å². The zero-order chi connectivity index (χ0) is 13.1. The molecule has 96 valence electrons. The van der Waals surface area contributed by atoms with Gasteiger partial charge in [-0.25, -0.2) is 0 Å². The predicted molar refractivity (Wildman–Crippen MR) is 72.1 cm³/mol. The second-order valence-corrected chi connectivity index (χ2v) is 5.03. The summed E-state index contributed by atoms with van der Waals surface area (Å²) in [5, 5.41) is 7.78. The van der Waals surface area contributed by atoms with Crippen molar-refractivity contribution in [2.75, 3.05) is 0 Å². The summed E-state index contributed by atoms with van der Waals surface area (Å²) < 4.78 is 8.57. The molecule has 0 spiro atoms. The molecule has 5 nitrogen and oxygen atoms in total. The lowest BCUT2D eigenvalue weighted by Crippen LogP contribution is -2.09. The molecule has 0 aliphatic carbocycles. The first-order valence-electron chi connectivity index (χ1n) is 5.58. The second-order valence-electron chi connectivity index (χ2n) is 4.12. The van der Waals surface area contributed by atoms with Gasteiger partial charge in [0.1, 0.15) is 18.7 Å². The third-order valence-corrected chi connectivity index (χ3v) is 3.12. The summed E-state index contributed by atoms with van der Waals surface area (Å²) in [6, 6.07) is 5.71. The number of nitrogens with zero attached hydrogens (tertiary/aromatic N) is 3. The largest absolute Gasteiger partial charge is 0.485 e. The lowest BCUT2D eigenvalue weighted by atomic mass is 10.1. The lowest BCUT2D eigenvalue weighted by molar-refractivity contribution is 0.287. The summed E-state index contributed by atoms with van der Waals surface area (Å²) in [6.45, 7) is 2.30. The molecule has 0 fully saturated rings. The molecule has 1 aromatic heterocycles. The summed E-state index contributed by atoms with van der Waals surface area (Å²) in [4.78, 5) is 0. The monoisotopic (exact) mass is 310 g/mol. The van der Waals surface area contributed by atoms with Crippen LogP contribution in [0, 0.1) is 0 Å². The molecular formula is C12H15BrN4O. The third-order valence-electron chi connectivity index (χ3n) is 2.62. The molecule has 2 rings (SSSR count). The second kappa shape index (κ2) is 5.49. The van der Waals surface area contributed by atoms with Crippen molar-refractivity contribution in [2.24, 2.45) is 12.8 Å². The number of hydrogen-bond acceptors (Lipinski definition) is 4. The number of aryl methyl sites for hydroxylation is 1. The molecule has 1 heterocycles. The van der Waals surface area contributed by atoms with E-state index in [0.29, 0.717) is 6.61 Å². The Balaban J connectivity index is 2.16. The van der Waals surface area contributed by atoms with Crippen LogP contribution >= 0.6 is 15.9 Å². The highest BCUT2D eigenvalue weighted by molar-refractivity contribution is 9.10. The summed E-state index contributed by atoms with van der Waals surface area (Å²) in [7, 11) is 1.88. The highest BCUT2D eigenvalue weighted by Gasteiger charge is 2.10. The maximum absolute atomic E-state index is 5.93. The lowest BCUT2D eigenvalue weighted by Gasteiger charge is -2.14. The molecular weight excluding hydrogens is 296 g/mol. The van der Waals surface area contributed by atoms with E-state index >= 15 is 0 Å². The van der Waals surface area contributed by atoms with Crippen LogP contribution in [0.25, 0.3) is 0 Å². The van der Waals surface area contributed by atoms with Crippen molar-refractivity contribution in [1.29, 1.82) is 0 Å². The van der Waals surface area contributed by atoms with Gasteiger partial charge >= 0.3 is 0 Å². The maximum Gasteiger partial charge on any atom is 0.170 e. The molecule has 0 saturated heterocycles. The SMILES string of the molecule is CC(N)c1cc(Br)ccc1OCc1nncn1C. The molecule has 0 bridgehead atoms. The van der Waals surface area contributed by atoms with E-state index in [1.54, 1.807) is 6.33 Å². The number of rotatable bonds is 4. The van der Waals surface area contributed by atoms with E-state index in [-0.39, 0.29) is 6.04 Å². The fourth-order valence-electron chi connectivity index (χ4n) is 1.59. The molecule has 1 aromatic carbocycles. The Labute approximate surface area is 114 Å². The van der Waals surface area contributed by atoms with E-state index < -0.39 is 0 Å². The Morgan fingerprint density at radius 3 is 2.89 bits per heavy atom. The molecule has 0 aliphatic rings. The first-order chi connectivity index (χ1) is 8.58. The van der Waals surface area contributed by atoms with E-state index in [1.165, 1.54) is 0 Å². The van der Waals surface area contributed by atoms with Crippen molar-refractivity contribution >= 4 is 15.9 Å². The first-order valence-corrected chi connectivity index (χ1v) is 6.38. The van der Waals surface area contributed by atoms with E-state index in [9.17, 15) is 0 Å². The molecule has 0 aliphatic heterocycles. The fraction of sp³-hybridized carbons (Fsp3) is 0.333. The van der Waals surface area contributed by atoms with Gasteiger partial charge in [0.2, 0.25) is 0 Å². The van der Waals surface area contributed by atoms with Crippen LogP contribution < -0.4 is 10.5 Å². The van der Waals surface area contributed by atoms with Crippen LogP contribution in [0.15, 0.2) is 29.0 Å². The van der Waals surface area contributed by atoms with Gasteiger partial charge in [-0.1, -0.05) is 15.9 Å². The van der Waals surface area contributed by atoms with E-state index in [1.807, 2.05) is 36.7 Å². The summed E-state index contributed by atoms with van der Waals surface area (Å²) >= 11 is 3.43. The minimum absolute atomic E-state index is 0.0861. The predicted octanol–water partition coefficient (Wildman–Crippen LogP) is 2.18. The zero-order valence-electron chi connectivity index (χ0n) is 10.3. The van der Waals surface area contributed by atoms with Crippen molar-refractivity contribution in [1.82, 2.24) is 14.8 Å². The van der Waals surface area contributed by atoms with Crippen molar-refractivity contribution < 1.29 is 4.74 Å². The van der Waals surface area contributed by atoms with Crippen molar-refractivity contribution in [3.05, 3.63) is 40.4 Å². The van der Waals surface area contributed by atoms with Crippen LogP contribution in [0.3, 0.4) is 0 Å². The van der Waals surface area contributed by atoms with Crippen molar-refractivity contribution in [2.45, 2.75) is 19.6 Å². The van der Waals surface area contributed by atoms with E-state index in [2.05, 4.69) is 26.1 Å². The average Bonchev–Trinajstić information content (AvgIpc) is 2.73. The van der Waals surface area contributed by atoms with Gasteiger partial charge in [0.25, 0.3) is 0 Å². The zero-order valence-corrected chi connectivity index (χ0v) is 11.9. The van der Waals surface area contributed by atoms with Gasteiger partial charge in [-0.05, 0) is 25.1 Å². The van der Waals surface area contributed by atoms with Crippen LogP contribution in [0.2, 0.25) is 0 Å². The highest BCUT2D eigenvalue weighted by atomic mass is 79.9. The summed E-state index contributed by atoms with van der Waals surface area (Å²) in [5.41, 5.74) is 6.89. The molecule has 0 amide bonds. The van der Waals surface area contributed by atoms with Crippen LogP contribution in [0.1, 0.15) is 24.4 Å². The molecule has 0 saturated carbocycles. The standard InChI is InChI=1S/C12H15BrN4O/c1-8(14)10-5-9(13)3-4-11(10)18-6-12-16-15-7-17(12)2/h3-5,7-8H,6,14H2,1-2H3. The van der Waals surface area contributed by atoms with Gasteiger partial charge < -0.3 is 15.0 Å². The smallest absolute Gasteiger partial charge is 0.170 e. The van der Waals surface area contributed by atoms with Crippen LogP contribution in [0.4, 0.5) is 0 Å². The molecule has 18 heavy (non-hydrogen) atoms. The van der Waals surface area contributed by atoms with Gasteiger partial charge in [-0.3, -0.25) is 0 Å². The molecule has 2 N–H and O–H groups in total. The van der Waals surface area contributed by atoms with Gasteiger partial charge in [0, 0.05) is 23.1 Å². The van der Waals surface area contributed by atoms with Crippen molar-refractivity contribution in [3.8, 4) is 5.75 Å². The average molecular weight is 311 g/mol. The Morgan fingerprint density at radius 1 is 1.50 bits per heavy atom. The number of hydrogen-bond donors (Lipinski definition) is 1. The molecule has 1 atom stereocenters. The molecule has 0 radical (unpaired) electrons. The van der Waals surface area contributed by atoms with Crippen molar-refractivity contribution in [3.63, 3.8) is 0 Å². The summed E-state index contributed by atoms with van der Waals surface area (Å²) in [5.74, 6) is 1.55. The highest BCUT2D eigenvalue weighted by Crippen LogP contribution is 2.27. The third kappa shape index (κ3) is 2.88. The number of halogens is 1. The minimum atomic E-state index is -0.0861. The number of benzene rings is 1. The van der Waals surface area contributed by atoms with Gasteiger partial charge in [0.05, 0.1) is 0 Å². The summed E-state index contributed by atoms with van der Waals surface area (Å²) in [6.07, 6.45) is 1.65. The fourth-order valence-corrected chi connectivity index (χ4v) is 1.97. The maximum atomic E-state index is 5.93. The Kier molecular flexibility index (Phi) is 3.98. The van der Waals surface area contributed by atoms with E-state index in [0.717, 1.165) is 21.6 Å². The minimum Gasteiger partial charge on any atom is -0.485 e. The quantitative estimate of drug-likeness (QED) is 0.940. The Morgan fingerprint density at radius 2 is 2.28 bits per heavy atom. The van der Waals surface area contributed by atoms with Crippen LogP contribution in [0.5, 0.6) is 5.75 Å². The van der Waals surface area contributed by atoms with Gasteiger partial charge in [0.15, 0.2) is 5.82 Å². The topological polar surface area (TPSA) is 66.0 Å². The normalized spacial score (nSPS) is 12.4. The number of nitrogens with two attached hydrogens (primary N) is 1. The molecule has 6 heteroatoms. The van der Waals surface area contributed by atoms with Gasteiger partial charge in [-0.15, -0.1) is 10.2 Å².